The monoisotopic (exact) mass is 475 g/mol. The first kappa shape index (κ1) is 22.6. The fourth-order valence-corrected chi connectivity index (χ4v) is 4.90. The van der Waals surface area contributed by atoms with Crippen molar-refractivity contribution in [2.24, 2.45) is 5.92 Å². The first-order valence-electron chi connectivity index (χ1n) is 11.6. The van der Waals surface area contributed by atoms with Crippen LogP contribution in [0, 0.1) is 5.92 Å². The Morgan fingerprint density at radius 1 is 1.09 bits per heavy atom. The number of hydrogen-bond donors (Lipinski definition) is 2. The van der Waals surface area contributed by atoms with Gasteiger partial charge in [-0.3, -0.25) is 9.59 Å². The third kappa shape index (κ3) is 4.49. The quantitative estimate of drug-likeness (QED) is 0.558. The number of nitrogens with one attached hydrogen (secondary N) is 1. The van der Waals surface area contributed by atoms with Crippen molar-refractivity contribution in [1.82, 2.24) is 15.4 Å². The highest BCUT2D eigenvalue weighted by atomic mass is 16.5. The molecule has 0 saturated carbocycles. The van der Waals surface area contributed by atoms with Gasteiger partial charge >= 0.3 is 12.1 Å². The number of nitrogens with zero attached hydrogens (tertiary/aromatic N) is 2. The number of aliphatic carboxylic acids is 1. The highest BCUT2D eigenvalue weighted by Crippen LogP contribution is 2.44. The summed E-state index contributed by atoms with van der Waals surface area (Å²) in [7, 11) is 0. The van der Waals surface area contributed by atoms with E-state index in [1.807, 2.05) is 36.4 Å². The minimum Gasteiger partial charge on any atom is -0.481 e. The molecular formula is C26H25N3O6. The zero-order chi connectivity index (χ0) is 24.4. The number of carboxylic acids is 1. The number of carboxylic acid groups (broad SMARTS) is 1. The number of hydrogen-bond acceptors (Lipinski definition) is 6. The Labute approximate surface area is 201 Å². The molecule has 1 aliphatic heterocycles. The lowest BCUT2D eigenvalue weighted by Gasteiger charge is -2.30. The first-order chi connectivity index (χ1) is 17.0. The molecule has 0 unspecified atom stereocenters. The second kappa shape index (κ2) is 9.61. The van der Waals surface area contributed by atoms with Gasteiger partial charge in [0.05, 0.1) is 12.5 Å². The molecule has 1 aromatic heterocycles. The zero-order valence-corrected chi connectivity index (χ0v) is 19.0. The summed E-state index contributed by atoms with van der Waals surface area (Å²) in [5, 5.41) is 15.8. The lowest BCUT2D eigenvalue weighted by Crippen LogP contribution is -2.42. The molecule has 1 atom stereocenters. The molecule has 1 aliphatic carbocycles. The lowest BCUT2D eigenvalue weighted by atomic mass is 9.97. The normalized spacial score (nSPS) is 16.9. The van der Waals surface area contributed by atoms with Crippen LogP contribution in [-0.4, -0.2) is 52.8 Å². The van der Waals surface area contributed by atoms with E-state index in [0.29, 0.717) is 19.4 Å². The van der Waals surface area contributed by atoms with Crippen LogP contribution in [0.4, 0.5) is 4.79 Å². The molecule has 2 aliphatic rings. The van der Waals surface area contributed by atoms with Gasteiger partial charge in [0.25, 0.3) is 5.91 Å². The Kier molecular flexibility index (Phi) is 6.22. The van der Waals surface area contributed by atoms with E-state index in [4.69, 9.17) is 9.26 Å². The number of amides is 2. The zero-order valence-electron chi connectivity index (χ0n) is 19.0. The van der Waals surface area contributed by atoms with E-state index in [-0.39, 0.29) is 42.8 Å². The van der Waals surface area contributed by atoms with Gasteiger partial charge in [0.15, 0.2) is 0 Å². The molecule has 3 aromatic rings. The lowest BCUT2D eigenvalue weighted by molar-refractivity contribution is -0.143. The summed E-state index contributed by atoms with van der Waals surface area (Å²) in [4.78, 5) is 38.2. The molecular weight excluding hydrogens is 450 g/mol. The number of carbonyl (C=O) groups excluding carboxylic acids is 2. The van der Waals surface area contributed by atoms with Crippen LogP contribution in [0.2, 0.25) is 0 Å². The third-order valence-corrected chi connectivity index (χ3v) is 6.68. The summed E-state index contributed by atoms with van der Waals surface area (Å²) in [5.41, 5.74) is 4.99. The molecule has 180 valence electrons. The van der Waals surface area contributed by atoms with E-state index in [1.165, 1.54) is 11.2 Å². The summed E-state index contributed by atoms with van der Waals surface area (Å²) >= 11 is 0. The minimum atomic E-state index is -0.912. The van der Waals surface area contributed by atoms with Crippen LogP contribution >= 0.6 is 0 Å². The number of alkyl carbamates (subject to hydrolysis) is 1. The van der Waals surface area contributed by atoms with E-state index < -0.39 is 18.0 Å². The summed E-state index contributed by atoms with van der Waals surface area (Å²) in [6.45, 7) is 0.727. The maximum absolute atomic E-state index is 12.9. The molecule has 0 bridgehead atoms. The topological polar surface area (TPSA) is 122 Å². The van der Waals surface area contributed by atoms with Crippen LogP contribution in [0.15, 0.2) is 59.3 Å². The number of likely N-dealkylation sites (tertiary alicyclic amines) is 1. The Bertz CT molecular complexity index is 1220. The average Bonchev–Trinajstić information content (AvgIpc) is 3.48. The average molecular weight is 476 g/mol. The van der Waals surface area contributed by atoms with E-state index in [9.17, 15) is 19.5 Å². The van der Waals surface area contributed by atoms with E-state index >= 15 is 0 Å². The molecule has 2 N–H and O–H groups in total. The standard InChI is InChI=1S/C26H25N3O6/c30-24(29-11-5-6-16(13-29)25(31)32)22-15-35-28-23(22)12-27-26(33)34-14-21-19-9-3-1-7-17(19)18-8-2-4-10-20(18)21/h1-4,7-10,15-16,21H,5-6,11-14H2,(H,27,33)(H,31,32)/t16-/m1/s1. The summed E-state index contributed by atoms with van der Waals surface area (Å²) < 4.78 is 10.5. The minimum absolute atomic E-state index is 0.0511. The van der Waals surface area contributed by atoms with Crippen molar-refractivity contribution in [3.63, 3.8) is 0 Å². The fourth-order valence-electron chi connectivity index (χ4n) is 4.90. The number of benzene rings is 2. The van der Waals surface area contributed by atoms with Crippen LogP contribution in [0.25, 0.3) is 11.1 Å². The van der Waals surface area contributed by atoms with Crippen molar-refractivity contribution in [3.8, 4) is 11.1 Å². The molecule has 0 radical (unpaired) electrons. The second-order valence-electron chi connectivity index (χ2n) is 8.78. The number of rotatable bonds is 6. The fraction of sp³-hybridized carbons (Fsp3) is 0.308. The van der Waals surface area contributed by atoms with Gasteiger partial charge in [0.1, 0.15) is 24.1 Å². The molecule has 2 heterocycles. The molecule has 0 spiro atoms. The van der Waals surface area contributed by atoms with Gasteiger partial charge < -0.3 is 24.6 Å². The molecule has 2 amide bonds. The summed E-state index contributed by atoms with van der Waals surface area (Å²) in [6.07, 6.45) is 1.75. The Morgan fingerprint density at radius 2 is 1.77 bits per heavy atom. The number of piperidine rings is 1. The van der Waals surface area contributed by atoms with E-state index in [2.05, 4.69) is 22.6 Å². The number of ether oxygens (including phenoxy) is 1. The van der Waals surface area contributed by atoms with Gasteiger partial charge in [-0.15, -0.1) is 0 Å². The van der Waals surface area contributed by atoms with Gasteiger partial charge in [0.2, 0.25) is 0 Å². The van der Waals surface area contributed by atoms with Crippen molar-refractivity contribution >= 4 is 18.0 Å². The highest BCUT2D eigenvalue weighted by Gasteiger charge is 2.31. The van der Waals surface area contributed by atoms with Crippen LogP contribution in [0.5, 0.6) is 0 Å². The van der Waals surface area contributed by atoms with Gasteiger partial charge in [0, 0.05) is 19.0 Å². The first-order valence-corrected chi connectivity index (χ1v) is 11.6. The molecule has 9 heteroatoms. The van der Waals surface area contributed by atoms with Crippen molar-refractivity contribution in [1.29, 1.82) is 0 Å². The largest absolute Gasteiger partial charge is 0.481 e. The van der Waals surface area contributed by atoms with Crippen molar-refractivity contribution in [2.75, 3.05) is 19.7 Å². The predicted molar refractivity (Wildman–Crippen MR) is 125 cm³/mol. The van der Waals surface area contributed by atoms with E-state index in [1.54, 1.807) is 0 Å². The van der Waals surface area contributed by atoms with Crippen LogP contribution in [0.3, 0.4) is 0 Å². The second-order valence-corrected chi connectivity index (χ2v) is 8.78. The van der Waals surface area contributed by atoms with Gasteiger partial charge in [-0.05, 0) is 35.1 Å². The molecule has 9 nitrogen and oxygen atoms in total. The molecule has 1 fully saturated rings. The van der Waals surface area contributed by atoms with E-state index in [0.717, 1.165) is 22.3 Å². The number of aromatic nitrogens is 1. The number of fused-ring (bicyclic) bond motifs is 3. The van der Waals surface area contributed by atoms with Gasteiger partial charge in [-0.25, -0.2) is 4.79 Å². The number of carbonyl (C=O) groups is 3. The maximum atomic E-state index is 12.9. The SMILES string of the molecule is O=C(NCc1nocc1C(=O)N1CCC[C@@H](C(=O)O)C1)OCC1c2ccccc2-c2ccccc21. The van der Waals surface area contributed by atoms with Gasteiger partial charge in [-0.1, -0.05) is 53.7 Å². The maximum Gasteiger partial charge on any atom is 0.407 e. The Hall–Kier alpha value is -4.14. The Morgan fingerprint density at radius 3 is 2.46 bits per heavy atom. The van der Waals surface area contributed by atoms with Crippen molar-refractivity contribution in [2.45, 2.75) is 25.3 Å². The molecule has 35 heavy (non-hydrogen) atoms. The summed E-state index contributed by atoms with van der Waals surface area (Å²) in [6, 6.07) is 16.2. The Balaban J connectivity index is 1.19. The van der Waals surface area contributed by atoms with Crippen LogP contribution in [0.1, 0.15) is 45.9 Å². The molecule has 2 aromatic carbocycles. The van der Waals surface area contributed by atoms with Gasteiger partial charge in [-0.2, -0.15) is 0 Å². The highest BCUT2D eigenvalue weighted by molar-refractivity contribution is 5.95. The van der Waals surface area contributed by atoms with Crippen LogP contribution in [-0.2, 0) is 16.1 Å². The van der Waals surface area contributed by atoms with Crippen molar-refractivity contribution < 1.29 is 28.8 Å². The molecule has 5 rings (SSSR count). The molecule has 1 saturated heterocycles. The smallest absolute Gasteiger partial charge is 0.407 e. The third-order valence-electron chi connectivity index (χ3n) is 6.68. The van der Waals surface area contributed by atoms with Crippen molar-refractivity contribution in [3.05, 3.63) is 77.2 Å². The van der Waals surface area contributed by atoms with Crippen LogP contribution < -0.4 is 5.32 Å². The predicted octanol–water partition coefficient (Wildman–Crippen LogP) is 3.65. The summed E-state index contributed by atoms with van der Waals surface area (Å²) in [5.74, 6) is -1.92.